The first-order valence-corrected chi connectivity index (χ1v) is 10.3. The van der Waals surface area contributed by atoms with Crippen molar-refractivity contribution in [1.82, 2.24) is 15.1 Å². The molecule has 9 heteroatoms. The molecule has 28 heavy (non-hydrogen) atoms. The molecule has 1 amide bonds. The summed E-state index contributed by atoms with van der Waals surface area (Å²) >= 11 is 4.77. The molecule has 4 rings (SSSR count). The molecule has 2 aromatic heterocycles. The third-order valence-electron chi connectivity index (χ3n) is 3.78. The van der Waals surface area contributed by atoms with Crippen LogP contribution in [0.15, 0.2) is 67.2 Å². The number of aryl methyl sites for hydroxylation is 1. The molecular formula is C19H15BrN4O3S. The standard InChI is InChI=1S/C19H15BrN4O3S/c20-12-4-3-5-13(10-12)21-17(25)8-9-18-23-16(24-27-18)11-28-19-22-14-6-1-2-7-15(14)26-19/h1-7,10H,8-9,11H2,(H,21,25). The molecule has 0 spiro atoms. The van der Waals surface area contributed by atoms with Crippen LogP contribution in [0.2, 0.25) is 0 Å². The number of rotatable bonds is 7. The molecule has 142 valence electrons. The van der Waals surface area contributed by atoms with Crippen molar-refractivity contribution in [3.05, 3.63) is 64.7 Å². The number of hydrogen-bond acceptors (Lipinski definition) is 7. The minimum absolute atomic E-state index is 0.112. The molecule has 2 aromatic carbocycles. The van der Waals surface area contributed by atoms with Crippen molar-refractivity contribution in [3.63, 3.8) is 0 Å². The predicted octanol–water partition coefficient (Wildman–Crippen LogP) is 4.84. The zero-order valence-electron chi connectivity index (χ0n) is 14.6. The Kier molecular flexibility index (Phi) is 5.73. The lowest BCUT2D eigenvalue weighted by Crippen LogP contribution is -2.12. The maximum Gasteiger partial charge on any atom is 0.257 e. The largest absolute Gasteiger partial charge is 0.431 e. The number of aromatic nitrogens is 3. The molecule has 0 saturated heterocycles. The number of anilines is 1. The van der Waals surface area contributed by atoms with Gasteiger partial charge in [0.2, 0.25) is 11.8 Å². The van der Waals surface area contributed by atoms with Crippen LogP contribution in [0.5, 0.6) is 0 Å². The van der Waals surface area contributed by atoms with Crippen LogP contribution in [0.4, 0.5) is 5.69 Å². The zero-order valence-corrected chi connectivity index (χ0v) is 17.0. The Morgan fingerprint density at radius 3 is 2.89 bits per heavy atom. The molecule has 0 aliphatic carbocycles. The van der Waals surface area contributed by atoms with Crippen LogP contribution in [0.25, 0.3) is 11.1 Å². The van der Waals surface area contributed by atoms with E-state index < -0.39 is 0 Å². The summed E-state index contributed by atoms with van der Waals surface area (Å²) in [5.74, 6) is 1.33. The van der Waals surface area contributed by atoms with Gasteiger partial charge in [-0.05, 0) is 30.3 Å². The second-order valence-electron chi connectivity index (χ2n) is 5.90. The lowest BCUT2D eigenvalue weighted by Gasteiger charge is -2.04. The van der Waals surface area contributed by atoms with Crippen LogP contribution in [-0.4, -0.2) is 21.0 Å². The van der Waals surface area contributed by atoms with Crippen molar-refractivity contribution in [3.8, 4) is 0 Å². The Bertz CT molecular complexity index is 1080. The number of halogens is 1. The summed E-state index contributed by atoms with van der Waals surface area (Å²) in [6.45, 7) is 0. The number of thioether (sulfide) groups is 1. The van der Waals surface area contributed by atoms with E-state index in [4.69, 9.17) is 8.94 Å². The number of para-hydroxylation sites is 2. The quantitative estimate of drug-likeness (QED) is 0.396. The lowest BCUT2D eigenvalue weighted by molar-refractivity contribution is -0.116. The van der Waals surface area contributed by atoms with E-state index in [1.807, 2.05) is 48.5 Å². The molecular weight excluding hydrogens is 444 g/mol. The first kappa shape index (κ1) is 18.7. The van der Waals surface area contributed by atoms with Crippen molar-refractivity contribution in [2.75, 3.05) is 5.32 Å². The third-order valence-corrected chi connectivity index (χ3v) is 5.10. The molecule has 2 heterocycles. The fraction of sp³-hybridized carbons (Fsp3) is 0.158. The van der Waals surface area contributed by atoms with E-state index in [1.54, 1.807) is 0 Å². The normalized spacial score (nSPS) is 11.0. The molecule has 4 aromatic rings. The zero-order chi connectivity index (χ0) is 19.3. The average molecular weight is 459 g/mol. The Morgan fingerprint density at radius 1 is 1.14 bits per heavy atom. The number of carbonyl (C=O) groups excluding carboxylic acids is 1. The topological polar surface area (TPSA) is 94.0 Å². The number of nitrogens with one attached hydrogen (secondary N) is 1. The van der Waals surface area contributed by atoms with Crippen molar-refractivity contribution >= 4 is 50.4 Å². The highest BCUT2D eigenvalue weighted by Gasteiger charge is 2.12. The van der Waals surface area contributed by atoms with Gasteiger partial charge in [-0.1, -0.05) is 51.0 Å². The molecule has 7 nitrogen and oxygen atoms in total. The molecule has 0 aliphatic heterocycles. The summed E-state index contributed by atoms with van der Waals surface area (Å²) in [4.78, 5) is 20.8. The van der Waals surface area contributed by atoms with Crippen LogP contribution in [0.1, 0.15) is 18.1 Å². The van der Waals surface area contributed by atoms with E-state index in [1.165, 1.54) is 11.8 Å². The van der Waals surface area contributed by atoms with E-state index >= 15 is 0 Å². The van der Waals surface area contributed by atoms with Gasteiger partial charge in [-0.3, -0.25) is 4.79 Å². The molecule has 0 atom stereocenters. The number of benzene rings is 2. The molecule has 1 N–H and O–H groups in total. The van der Waals surface area contributed by atoms with Crippen molar-refractivity contribution in [1.29, 1.82) is 0 Å². The van der Waals surface area contributed by atoms with Crippen molar-refractivity contribution < 1.29 is 13.7 Å². The lowest BCUT2D eigenvalue weighted by atomic mass is 10.2. The van der Waals surface area contributed by atoms with Gasteiger partial charge in [-0.25, -0.2) is 4.98 Å². The fourth-order valence-corrected chi connectivity index (χ4v) is 3.58. The maximum absolute atomic E-state index is 12.1. The number of fused-ring (bicyclic) bond motifs is 1. The predicted molar refractivity (Wildman–Crippen MR) is 109 cm³/mol. The fourth-order valence-electron chi connectivity index (χ4n) is 2.50. The first-order chi connectivity index (χ1) is 13.7. The first-order valence-electron chi connectivity index (χ1n) is 8.51. The maximum atomic E-state index is 12.1. The summed E-state index contributed by atoms with van der Waals surface area (Å²) in [6.07, 6.45) is 0.632. The van der Waals surface area contributed by atoms with Crippen molar-refractivity contribution in [2.24, 2.45) is 0 Å². The van der Waals surface area contributed by atoms with Gasteiger partial charge in [0.05, 0.1) is 5.75 Å². The van der Waals surface area contributed by atoms with E-state index in [2.05, 4.69) is 36.4 Å². The van der Waals surface area contributed by atoms with E-state index in [-0.39, 0.29) is 12.3 Å². The van der Waals surface area contributed by atoms with Crippen LogP contribution >= 0.6 is 27.7 Å². The van der Waals surface area contributed by atoms with Gasteiger partial charge in [0.15, 0.2) is 11.4 Å². The Morgan fingerprint density at radius 2 is 2.04 bits per heavy atom. The Labute approximate surface area is 173 Å². The van der Waals surface area contributed by atoms with Crippen LogP contribution < -0.4 is 5.32 Å². The van der Waals surface area contributed by atoms with Crippen LogP contribution in [-0.2, 0) is 17.0 Å². The van der Waals surface area contributed by atoms with Gasteiger partial charge < -0.3 is 14.3 Å². The Balaban J connectivity index is 1.27. The molecule has 0 radical (unpaired) electrons. The highest BCUT2D eigenvalue weighted by Crippen LogP contribution is 2.25. The van der Waals surface area contributed by atoms with E-state index in [0.29, 0.717) is 29.1 Å². The number of nitrogens with zero attached hydrogens (tertiary/aromatic N) is 3. The van der Waals surface area contributed by atoms with Gasteiger partial charge in [0.25, 0.3) is 5.22 Å². The second-order valence-corrected chi connectivity index (χ2v) is 7.74. The summed E-state index contributed by atoms with van der Waals surface area (Å²) in [5.41, 5.74) is 2.30. The van der Waals surface area contributed by atoms with Gasteiger partial charge in [0.1, 0.15) is 5.52 Å². The molecule has 0 saturated carbocycles. The highest BCUT2D eigenvalue weighted by atomic mass is 79.9. The second kappa shape index (κ2) is 8.57. The Hall–Kier alpha value is -2.65. The van der Waals surface area contributed by atoms with Gasteiger partial charge >= 0.3 is 0 Å². The smallest absolute Gasteiger partial charge is 0.257 e. The molecule has 0 aliphatic rings. The summed E-state index contributed by atoms with van der Waals surface area (Å²) in [5, 5.41) is 7.34. The summed E-state index contributed by atoms with van der Waals surface area (Å²) < 4.78 is 11.8. The monoisotopic (exact) mass is 458 g/mol. The SMILES string of the molecule is O=C(CCc1nc(CSc2nc3ccccc3o2)no1)Nc1cccc(Br)c1. The molecule has 0 fully saturated rings. The number of carbonyl (C=O) groups is 1. The summed E-state index contributed by atoms with van der Waals surface area (Å²) in [7, 11) is 0. The van der Waals surface area contributed by atoms with E-state index in [9.17, 15) is 4.79 Å². The van der Waals surface area contributed by atoms with Gasteiger partial charge in [-0.15, -0.1) is 0 Å². The number of oxazole rings is 1. The molecule has 0 unspecified atom stereocenters. The van der Waals surface area contributed by atoms with Crippen molar-refractivity contribution in [2.45, 2.75) is 23.8 Å². The third kappa shape index (κ3) is 4.79. The molecule has 0 bridgehead atoms. The highest BCUT2D eigenvalue weighted by molar-refractivity contribution is 9.10. The average Bonchev–Trinajstić information content (AvgIpc) is 3.31. The van der Waals surface area contributed by atoms with Crippen LogP contribution in [0, 0.1) is 0 Å². The van der Waals surface area contributed by atoms with Gasteiger partial charge in [-0.2, -0.15) is 4.98 Å². The van der Waals surface area contributed by atoms with E-state index in [0.717, 1.165) is 21.3 Å². The minimum atomic E-state index is -0.112. The van der Waals surface area contributed by atoms with Crippen LogP contribution in [0.3, 0.4) is 0 Å². The summed E-state index contributed by atoms with van der Waals surface area (Å²) in [6, 6.07) is 15.0. The number of hydrogen-bond donors (Lipinski definition) is 1. The number of amides is 1. The van der Waals surface area contributed by atoms with Gasteiger partial charge in [0, 0.05) is 23.0 Å². The minimum Gasteiger partial charge on any atom is -0.431 e.